The largest absolute Gasteiger partial charge is 0.353 e. The number of anilines is 1. The van der Waals surface area contributed by atoms with E-state index in [1.165, 1.54) is 16.7 Å². The van der Waals surface area contributed by atoms with E-state index < -0.39 is 12.0 Å². The third-order valence-electron chi connectivity index (χ3n) is 6.49. The van der Waals surface area contributed by atoms with Crippen molar-refractivity contribution in [3.05, 3.63) is 66.2 Å². The maximum Gasteiger partial charge on any atom is 0.265 e. The number of amides is 2. The second kappa shape index (κ2) is 7.41. The maximum atomic E-state index is 13.6. The van der Waals surface area contributed by atoms with Crippen molar-refractivity contribution in [3.8, 4) is 0 Å². The predicted octanol–water partition coefficient (Wildman–Crippen LogP) is 3.60. The highest BCUT2D eigenvalue weighted by atomic mass is 32.2. The molecule has 3 aliphatic heterocycles. The van der Waals surface area contributed by atoms with Crippen LogP contribution in [-0.2, 0) is 14.4 Å². The first-order valence-corrected chi connectivity index (χ1v) is 11.5. The van der Waals surface area contributed by atoms with E-state index in [-0.39, 0.29) is 28.8 Å². The molecule has 3 fully saturated rings. The van der Waals surface area contributed by atoms with E-state index in [4.69, 9.17) is 17.1 Å². The molecule has 0 aliphatic carbocycles. The smallest absolute Gasteiger partial charge is 0.265 e. The Bertz CT molecular complexity index is 1050. The Morgan fingerprint density at radius 2 is 1.58 bits per heavy atom. The molecule has 5 rings (SSSR count). The lowest BCUT2D eigenvalue weighted by Crippen LogP contribution is -2.51. The molecule has 2 amide bonds. The molecule has 0 aromatic heterocycles. The Balaban J connectivity index is 1.57. The first-order chi connectivity index (χ1) is 14.8. The minimum atomic E-state index is -0.853. The summed E-state index contributed by atoms with van der Waals surface area (Å²) < 4.78 is 0.769. The van der Waals surface area contributed by atoms with Crippen molar-refractivity contribution < 1.29 is 14.4 Å². The van der Waals surface area contributed by atoms with Gasteiger partial charge in [0.25, 0.3) is 5.91 Å². The van der Waals surface area contributed by atoms with E-state index in [2.05, 4.69) is 18.7 Å². The van der Waals surface area contributed by atoms with Gasteiger partial charge in [0, 0.05) is 7.05 Å². The highest BCUT2D eigenvalue weighted by molar-refractivity contribution is 8.23. The summed E-state index contributed by atoms with van der Waals surface area (Å²) in [6, 6.07) is 18.5. The molecule has 0 spiro atoms. The van der Waals surface area contributed by atoms with Crippen LogP contribution in [0.4, 0.5) is 5.69 Å². The molecule has 2 aromatic carbocycles. The highest BCUT2D eigenvalue weighted by Crippen LogP contribution is 2.52. The monoisotopic (exact) mass is 453 g/mol. The number of carbonyl (C=O) groups excluding carboxylic acids is 2. The first-order valence-electron chi connectivity index (χ1n) is 10.2. The zero-order valence-electron chi connectivity index (χ0n) is 17.5. The minimum absolute atomic E-state index is 0.161. The molecular formula is C23H23N3O3S2. The zero-order chi connectivity index (χ0) is 21.9. The zero-order valence-corrected chi connectivity index (χ0v) is 19.1. The fourth-order valence-electron chi connectivity index (χ4n) is 4.55. The summed E-state index contributed by atoms with van der Waals surface area (Å²) in [5.74, 6) is -1.17. The SMILES string of the molecule is CN1C(=S)S[C@H](N2O[C@@H]3C(=O)N(c4ccccc4)C(=O)[C@@H]3[C@@H]2c2ccccc2)C1(C)C. The molecule has 0 N–H and O–H groups in total. The van der Waals surface area contributed by atoms with Crippen LogP contribution in [0.3, 0.4) is 0 Å². The average Bonchev–Trinajstić information content (AvgIpc) is 3.34. The number of likely N-dealkylation sites (N-methyl/N-ethyl adjacent to an activating group) is 1. The van der Waals surface area contributed by atoms with Crippen LogP contribution in [0.2, 0.25) is 0 Å². The summed E-state index contributed by atoms with van der Waals surface area (Å²) in [5.41, 5.74) is 1.19. The lowest BCUT2D eigenvalue weighted by atomic mass is 9.90. The van der Waals surface area contributed by atoms with E-state index in [0.29, 0.717) is 5.69 Å². The van der Waals surface area contributed by atoms with Gasteiger partial charge >= 0.3 is 0 Å². The molecule has 0 unspecified atom stereocenters. The third kappa shape index (κ3) is 3.04. The number of carbonyl (C=O) groups is 2. The van der Waals surface area contributed by atoms with Gasteiger partial charge in [-0.3, -0.25) is 14.4 Å². The number of imide groups is 1. The molecule has 3 saturated heterocycles. The van der Waals surface area contributed by atoms with Crippen LogP contribution in [0.5, 0.6) is 0 Å². The fourth-order valence-corrected chi connectivity index (χ4v) is 6.38. The van der Waals surface area contributed by atoms with E-state index in [1.807, 2.05) is 60.6 Å². The number of rotatable bonds is 3. The molecular weight excluding hydrogens is 430 g/mol. The number of hydrogen-bond donors (Lipinski definition) is 0. The van der Waals surface area contributed by atoms with Gasteiger partial charge in [0.05, 0.1) is 23.2 Å². The molecule has 0 saturated carbocycles. The third-order valence-corrected chi connectivity index (χ3v) is 8.53. The van der Waals surface area contributed by atoms with Gasteiger partial charge in [0.2, 0.25) is 5.91 Å². The average molecular weight is 454 g/mol. The normalized spacial score (nSPS) is 30.4. The van der Waals surface area contributed by atoms with Crippen molar-refractivity contribution in [1.29, 1.82) is 0 Å². The van der Waals surface area contributed by atoms with Gasteiger partial charge in [-0.05, 0) is 31.5 Å². The van der Waals surface area contributed by atoms with E-state index >= 15 is 0 Å². The van der Waals surface area contributed by atoms with Gasteiger partial charge in [0.1, 0.15) is 9.69 Å². The molecule has 0 bridgehead atoms. The number of para-hydroxylation sites is 1. The fraction of sp³-hybridized carbons (Fsp3) is 0.348. The highest BCUT2D eigenvalue weighted by Gasteiger charge is 2.63. The van der Waals surface area contributed by atoms with Crippen LogP contribution in [0, 0.1) is 5.92 Å². The van der Waals surface area contributed by atoms with Gasteiger partial charge in [-0.25, -0.2) is 4.90 Å². The quantitative estimate of drug-likeness (QED) is 0.520. The number of benzene rings is 2. The summed E-state index contributed by atoms with van der Waals surface area (Å²) >= 11 is 7.09. The number of hydrogen-bond acceptors (Lipinski definition) is 6. The molecule has 31 heavy (non-hydrogen) atoms. The molecule has 2 aromatic rings. The van der Waals surface area contributed by atoms with E-state index in [9.17, 15) is 9.59 Å². The van der Waals surface area contributed by atoms with Gasteiger partial charge in [-0.2, -0.15) is 5.06 Å². The number of thioether (sulfide) groups is 1. The lowest BCUT2D eigenvalue weighted by molar-refractivity contribution is -0.188. The van der Waals surface area contributed by atoms with Crippen LogP contribution in [0.15, 0.2) is 60.7 Å². The van der Waals surface area contributed by atoms with Crippen LogP contribution < -0.4 is 4.90 Å². The van der Waals surface area contributed by atoms with Crippen molar-refractivity contribution in [1.82, 2.24) is 9.96 Å². The predicted molar refractivity (Wildman–Crippen MR) is 124 cm³/mol. The van der Waals surface area contributed by atoms with Crippen molar-refractivity contribution >= 4 is 45.8 Å². The van der Waals surface area contributed by atoms with Gasteiger partial charge < -0.3 is 4.90 Å². The van der Waals surface area contributed by atoms with E-state index in [1.54, 1.807) is 12.1 Å². The number of nitrogens with zero attached hydrogens (tertiary/aromatic N) is 3. The molecule has 3 aliphatic rings. The number of thiocarbonyl (C=S) groups is 1. The second-order valence-electron chi connectivity index (χ2n) is 8.56. The molecule has 6 nitrogen and oxygen atoms in total. The van der Waals surface area contributed by atoms with Crippen molar-refractivity contribution in [2.45, 2.75) is 36.9 Å². The maximum absolute atomic E-state index is 13.6. The standard InChI is InChI=1S/C23H23N3O3S2/c1-23(2)21(31-22(30)24(23)3)26-17(14-10-6-4-7-11-14)16-18(29-26)20(28)25(19(16)27)15-12-8-5-9-13-15/h4-13,16-18,21H,1-3H3/t16-,17+,18+,21+/m1/s1. The Labute approximate surface area is 191 Å². The number of hydroxylamine groups is 2. The Kier molecular flexibility index (Phi) is 4.93. The Morgan fingerprint density at radius 3 is 2.16 bits per heavy atom. The molecule has 8 heteroatoms. The van der Waals surface area contributed by atoms with Gasteiger partial charge in [-0.15, -0.1) is 0 Å². The molecule has 3 heterocycles. The summed E-state index contributed by atoms with van der Waals surface area (Å²) in [4.78, 5) is 36.6. The molecule has 160 valence electrons. The summed E-state index contributed by atoms with van der Waals surface area (Å²) in [5, 5.41) is 1.69. The summed E-state index contributed by atoms with van der Waals surface area (Å²) in [7, 11) is 1.97. The van der Waals surface area contributed by atoms with Crippen LogP contribution in [-0.4, -0.2) is 50.2 Å². The van der Waals surface area contributed by atoms with Crippen molar-refractivity contribution in [2.24, 2.45) is 5.92 Å². The number of fused-ring (bicyclic) bond motifs is 1. The van der Waals surface area contributed by atoms with E-state index in [0.717, 1.165) is 9.88 Å². The van der Waals surface area contributed by atoms with Crippen molar-refractivity contribution in [2.75, 3.05) is 11.9 Å². The van der Waals surface area contributed by atoms with Crippen LogP contribution in [0.1, 0.15) is 25.5 Å². The van der Waals surface area contributed by atoms with Crippen LogP contribution in [0.25, 0.3) is 0 Å². The van der Waals surface area contributed by atoms with Gasteiger partial charge in [-0.1, -0.05) is 72.5 Å². The summed E-state index contributed by atoms with van der Waals surface area (Å²) in [6.07, 6.45) is -0.853. The van der Waals surface area contributed by atoms with Crippen molar-refractivity contribution in [3.63, 3.8) is 0 Å². The molecule has 0 radical (unpaired) electrons. The Morgan fingerprint density at radius 1 is 0.968 bits per heavy atom. The topological polar surface area (TPSA) is 53.1 Å². The summed E-state index contributed by atoms with van der Waals surface area (Å²) in [6.45, 7) is 4.20. The van der Waals surface area contributed by atoms with Crippen LogP contribution >= 0.6 is 24.0 Å². The molecule has 4 atom stereocenters. The van der Waals surface area contributed by atoms with Gasteiger partial charge in [0.15, 0.2) is 6.10 Å². The second-order valence-corrected chi connectivity index (χ2v) is 10.3. The lowest BCUT2D eigenvalue weighted by Gasteiger charge is -2.39. The first kappa shape index (κ1) is 20.6. The Hall–Kier alpha value is -2.26. The minimum Gasteiger partial charge on any atom is -0.353 e.